The lowest BCUT2D eigenvalue weighted by Gasteiger charge is -2.50. The zero-order chi connectivity index (χ0) is 60.7. The summed E-state index contributed by atoms with van der Waals surface area (Å²) in [5.74, 6) is -0.275. The Morgan fingerprint density at radius 1 is 0.262 bits per heavy atom. The third-order valence-electron chi connectivity index (χ3n) is 16.0. The van der Waals surface area contributed by atoms with Gasteiger partial charge in [0.05, 0.1) is 45.3 Å². The standard InChI is InChI=1S/C48H75NO35/c50-6-15-36-23(59)30(66)44(73-15)81-38-17(8-52)75-46(32(68)25(38)61)83-40-19(10-54)77-48(34(70)27(40)63)84-41-20(11-55)76-47(33(69)26(41)62)82-39-18(9-53)74-45(31(67)24(39)60)80-37-16(7-51)72-43(29(65)22(37)58)78-35-14(71-42(79-36)28(64)21(35)57)5-49-12-3-1-2-4-13(12)56/h1-4,14-70H,5-11H2/t14-,15-,16-,17-,18-,19-,20-,21-,22-,23-,24-,25-,26-,27-,28-,29-,30-,31-,32-,33-,34-,35-,36-,37-,38-,39-,40-,41-,42-,43-,44-,45-,46-,47-,48-/m1/s1. The summed E-state index contributed by atoms with van der Waals surface area (Å²) in [7, 11) is 0. The first-order chi connectivity index (χ1) is 40.1. The first-order valence-corrected chi connectivity index (χ1v) is 27.0. The molecule has 0 aliphatic carbocycles. The molecule has 21 fully saturated rings. The van der Waals surface area contributed by atoms with E-state index in [-0.39, 0.29) is 11.4 Å². The van der Waals surface area contributed by atoms with E-state index in [1.807, 2.05) is 0 Å². The molecule has 0 saturated carbocycles. The molecular weight excluding hydrogens is 1150 g/mol. The van der Waals surface area contributed by atoms with Gasteiger partial charge in [-0.05, 0) is 12.1 Å². The normalized spacial score (nSPS) is 51.6. The van der Waals surface area contributed by atoms with Gasteiger partial charge < -0.3 is 179 Å². The Kier molecular flexibility index (Phi) is 22.0. The third-order valence-corrected chi connectivity index (χ3v) is 16.0. The summed E-state index contributed by atoms with van der Waals surface area (Å²) in [4.78, 5) is 0. The maximum absolute atomic E-state index is 11.8. The van der Waals surface area contributed by atoms with Gasteiger partial charge in [-0.2, -0.15) is 0 Å². The second kappa shape index (κ2) is 28.1. The molecule has 0 unspecified atom stereocenters. The number of nitrogens with one attached hydrogen (secondary N) is 1. The molecule has 84 heavy (non-hydrogen) atoms. The van der Waals surface area contributed by atoms with Crippen LogP contribution in [-0.2, 0) is 66.3 Å². The van der Waals surface area contributed by atoms with Gasteiger partial charge >= 0.3 is 0 Å². The van der Waals surface area contributed by atoms with E-state index < -0.39 is 261 Å². The van der Waals surface area contributed by atoms with Crippen LogP contribution in [0.15, 0.2) is 24.3 Å². The summed E-state index contributed by atoms with van der Waals surface area (Å²) in [5.41, 5.74) is 0.0903. The van der Waals surface area contributed by atoms with Crippen molar-refractivity contribution >= 4 is 5.69 Å². The number of hydrogen-bond donors (Lipinski definition) is 22. The van der Waals surface area contributed by atoms with E-state index in [9.17, 15) is 107 Å². The molecule has 1 aromatic carbocycles. The number of ether oxygens (including phenoxy) is 14. The lowest BCUT2D eigenvalue weighted by Crippen LogP contribution is -2.68. The number of hydrogen-bond acceptors (Lipinski definition) is 36. The average Bonchev–Trinajstić information content (AvgIpc) is 3.56. The number of phenolic OH excluding ortho intramolecular Hbond substituents is 1. The smallest absolute Gasteiger partial charge is 0.187 e. The van der Waals surface area contributed by atoms with E-state index in [4.69, 9.17) is 66.3 Å². The maximum atomic E-state index is 11.8. The van der Waals surface area contributed by atoms with Crippen molar-refractivity contribution < 1.29 is 174 Å². The summed E-state index contributed by atoms with van der Waals surface area (Å²) in [6, 6.07) is 5.78. The molecule has 21 heterocycles. The Bertz CT molecular complexity index is 2200. The Morgan fingerprint density at radius 3 is 0.655 bits per heavy atom. The lowest BCUT2D eigenvalue weighted by molar-refractivity contribution is -0.396. The fourth-order valence-electron chi connectivity index (χ4n) is 11.3. The molecule has 0 spiro atoms. The van der Waals surface area contributed by atoms with Crippen molar-refractivity contribution in [2.75, 3.05) is 51.5 Å². The number of anilines is 1. The second-order valence-electron chi connectivity index (χ2n) is 21.4. The van der Waals surface area contributed by atoms with Gasteiger partial charge in [0, 0.05) is 6.54 Å². The van der Waals surface area contributed by atoms with Crippen molar-refractivity contribution in [3.8, 4) is 5.75 Å². The number of phenols is 1. The van der Waals surface area contributed by atoms with Crippen LogP contribution in [0.1, 0.15) is 0 Å². The molecule has 21 saturated heterocycles. The summed E-state index contributed by atoms with van der Waals surface area (Å²) < 4.78 is 81.0. The van der Waals surface area contributed by atoms with Crippen LogP contribution in [-0.4, -0.2) is 368 Å². The van der Waals surface area contributed by atoms with Crippen LogP contribution in [0.3, 0.4) is 0 Å². The molecule has 1 aromatic rings. The Labute approximate surface area is 475 Å². The third kappa shape index (κ3) is 13.1. The topological polar surface area (TPSA) is 566 Å². The van der Waals surface area contributed by atoms with Crippen LogP contribution in [0, 0.1) is 0 Å². The van der Waals surface area contributed by atoms with Crippen molar-refractivity contribution in [1.82, 2.24) is 0 Å². The predicted octanol–water partition coefficient (Wildman–Crippen LogP) is -13.4. The van der Waals surface area contributed by atoms with Gasteiger partial charge in [-0.25, -0.2) is 0 Å². The van der Waals surface area contributed by atoms with Gasteiger partial charge in [-0.15, -0.1) is 0 Å². The highest BCUT2D eigenvalue weighted by Gasteiger charge is 2.59. The van der Waals surface area contributed by atoms with Gasteiger partial charge in [-0.3, -0.25) is 0 Å². The highest BCUT2D eigenvalue weighted by atomic mass is 16.8. The molecule has 0 radical (unpaired) electrons. The number of aliphatic hydroxyl groups excluding tert-OH is 20. The number of aromatic hydroxyl groups is 1. The SMILES string of the molecule is OC[C@H]1O[C@@H]2O[C@H]3[C@H](O)[C@@H](O)[C@@H](O[C@H]4[C@H](O)[C@@H](O)[C@@H](O[C@H]5[C@H](O)[C@@H](O)[C@@H](O[C@H]6[C@H](O)[C@@H](O)[C@@H](O[C@H]7[C@H](O)[C@@H](O)[C@@H](O[C@H]8[C@H](O)[C@@H](O)[C@@H](O[C@H]1[C@H](O)[C@H]2O)O[C@@H]8CO)O[C@@H]7CO)O[C@@H]6CO)O[C@@H]5CNc1ccccc1O)O[C@@H]4CO)O[C@@H]3CO. The minimum atomic E-state index is -2.22. The molecule has 22 N–H and O–H groups in total. The van der Waals surface area contributed by atoms with Gasteiger partial charge in [0.1, 0.15) is 177 Å². The first kappa shape index (κ1) is 65.9. The van der Waals surface area contributed by atoms with E-state index in [1.54, 1.807) is 0 Å². The molecule has 0 aromatic heterocycles. The predicted molar refractivity (Wildman–Crippen MR) is 258 cm³/mol. The zero-order valence-corrected chi connectivity index (χ0v) is 44.1. The average molecular weight is 1230 g/mol. The minimum absolute atomic E-state index is 0.0903. The van der Waals surface area contributed by atoms with Crippen LogP contribution < -0.4 is 5.32 Å². The summed E-state index contributed by atoms with van der Waals surface area (Å²) in [6.45, 7) is -6.78. The Hall–Kier alpha value is -2.54. The van der Waals surface area contributed by atoms with Crippen molar-refractivity contribution in [3.05, 3.63) is 24.3 Å². The summed E-state index contributed by atoms with van der Waals surface area (Å²) in [6.07, 6.45) is -70.4. The summed E-state index contributed by atoms with van der Waals surface area (Å²) >= 11 is 0. The van der Waals surface area contributed by atoms with E-state index in [0.29, 0.717) is 0 Å². The molecule has 21 aliphatic heterocycles. The molecule has 482 valence electrons. The van der Waals surface area contributed by atoms with Crippen LogP contribution in [0.25, 0.3) is 0 Å². The van der Waals surface area contributed by atoms with Gasteiger partial charge in [0.2, 0.25) is 0 Å². The highest BCUT2D eigenvalue weighted by Crippen LogP contribution is 2.39. The molecule has 0 amide bonds. The Balaban J connectivity index is 1.02. The number of aliphatic hydroxyl groups is 20. The molecule has 14 bridgehead atoms. The van der Waals surface area contributed by atoms with Crippen LogP contribution in [0.2, 0.25) is 0 Å². The van der Waals surface area contributed by atoms with E-state index in [1.165, 1.54) is 24.3 Å². The van der Waals surface area contributed by atoms with E-state index >= 15 is 0 Å². The van der Waals surface area contributed by atoms with Crippen LogP contribution >= 0.6 is 0 Å². The van der Waals surface area contributed by atoms with Crippen molar-refractivity contribution in [3.63, 3.8) is 0 Å². The first-order valence-electron chi connectivity index (χ1n) is 27.0. The largest absolute Gasteiger partial charge is 0.506 e. The molecular formula is C48H75NO35. The van der Waals surface area contributed by atoms with Crippen molar-refractivity contribution in [2.45, 2.75) is 215 Å². The van der Waals surface area contributed by atoms with Gasteiger partial charge in [0.25, 0.3) is 0 Å². The summed E-state index contributed by atoms with van der Waals surface area (Å²) in [5, 5.41) is 236. The van der Waals surface area contributed by atoms with Crippen LogP contribution in [0.4, 0.5) is 5.69 Å². The van der Waals surface area contributed by atoms with Crippen molar-refractivity contribution in [2.24, 2.45) is 0 Å². The zero-order valence-electron chi connectivity index (χ0n) is 44.1. The lowest BCUT2D eigenvalue weighted by atomic mass is 9.95. The van der Waals surface area contributed by atoms with Crippen LogP contribution in [0.5, 0.6) is 5.75 Å². The molecule has 36 heteroatoms. The quantitative estimate of drug-likeness (QED) is 0.102. The minimum Gasteiger partial charge on any atom is -0.506 e. The van der Waals surface area contributed by atoms with E-state index in [0.717, 1.165) is 0 Å². The number of benzene rings is 1. The molecule has 35 atom stereocenters. The highest BCUT2D eigenvalue weighted by molar-refractivity contribution is 5.55. The fraction of sp³-hybridized carbons (Fsp3) is 0.875. The van der Waals surface area contributed by atoms with Gasteiger partial charge in [0.15, 0.2) is 44.0 Å². The van der Waals surface area contributed by atoms with Gasteiger partial charge in [-0.1, -0.05) is 12.1 Å². The Morgan fingerprint density at radius 2 is 0.452 bits per heavy atom. The second-order valence-corrected chi connectivity index (χ2v) is 21.4. The van der Waals surface area contributed by atoms with Crippen molar-refractivity contribution in [1.29, 1.82) is 0 Å². The monoisotopic (exact) mass is 1230 g/mol. The molecule has 22 rings (SSSR count). The maximum Gasteiger partial charge on any atom is 0.187 e. The molecule has 21 aliphatic rings. The number of para-hydroxylation sites is 2. The van der Waals surface area contributed by atoms with E-state index in [2.05, 4.69) is 5.32 Å². The number of rotatable bonds is 9. The molecule has 36 nitrogen and oxygen atoms in total. The fourth-order valence-corrected chi connectivity index (χ4v) is 11.3.